The number of aryl methyl sites for hydroxylation is 1. The van der Waals surface area contributed by atoms with Crippen LogP contribution in [0.3, 0.4) is 0 Å². The van der Waals surface area contributed by atoms with Crippen LogP contribution in [0, 0.1) is 5.92 Å². The first-order chi connectivity index (χ1) is 12.0. The van der Waals surface area contributed by atoms with Gasteiger partial charge in [-0.3, -0.25) is 9.20 Å². The van der Waals surface area contributed by atoms with E-state index in [1.165, 1.54) is 28.6 Å². The van der Waals surface area contributed by atoms with E-state index in [4.69, 9.17) is 10.1 Å². The number of thiophene rings is 1. The van der Waals surface area contributed by atoms with Gasteiger partial charge >= 0.3 is 5.97 Å². The molecule has 0 fully saturated rings. The fraction of sp³-hybridized carbons (Fsp3) is 0.529. The minimum absolute atomic E-state index is 0.0321. The summed E-state index contributed by atoms with van der Waals surface area (Å²) in [5.74, 6) is 0.914. The number of carbonyl (C=O) groups is 1. The van der Waals surface area contributed by atoms with Crippen LogP contribution >= 0.6 is 23.1 Å². The topological polar surface area (TPSA) is 80.4 Å². The van der Waals surface area contributed by atoms with E-state index >= 15 is 0 Å². The third-order valence-electron chi connectivity index (χ3n) is 4.64. The molecule has 0 saturated carbocycles. The average molecular weight is 377 g/mol. The van der Waals surface area contributed by atoms with Crippen molar-refractivity contribution in [1.29, 1.82) is 0 Å². The molecule has 3 aromatic heterocycles. The molecule has 1 unspecified atom stereocenters. The molecule has 0 aromatic carbocycles. The number of fused-ring (bicyclic) bond motifs is 5. The van der Waals surface area contributed by atoms with Gasteiger partial charge in [-0.25, -0.2) is 4.98 Å². The van der Waals surface area contributed by atoms with Crippen molar-refractivity contribution in [3.63, 3.8) is 0 Å². The number of aromatic nitrogens is 4. The molecule has 1 N–H and O–H groups in total. The van der Waals surface area contributed by atoms with Crippen molar-refractivity contribution in [1.82, 2.24) is 19.6 Å². The van der Waals surface area contributed by atoms with Gasteiger partial charge in [0.15, 0.2) is 10.8 Å². The largest absolute Gasteiger partial charge is 0.481 e. The van der Waals surface area contributed by atoms with E-state index in [-0.39, 0.29) is 11.7 Å². The van der Waals surface area contributed by atoms with E-state index in [0.29, 0.717) is 11.1 Å². The van der Waals surface area contributed by atoms with Crippen molar-refractivity contribution < 1.29 is 9.90 Å². The third-order valence-corrected chi connectivity index (χ3v) is 6.70. The third kappa shape index (κ3) is 2.81. The highest BCUT2D eigenvalue weighted by Gasteiger charge is 2.26. The SMILES string of the molecule is CC1CCc2c(sc3nc(C(C)C)n4c(SCC(=O)O)nnc4c23)C1. The standard InChI is InChI=1S/C17H20N4O2S2/c1-8(2)14-18-16-13(10-5-4-9(3)6-11(10)25-16)15-19-20-17(21(14)15)24-7-12(22)23/h8-9H,4-7H2,1-3H3,(H,22,23). The summed E-state index contributed by atoms with van der Waals surface area (Å²) in [6, 6.07) is 0. The van der Waals surface area contributed by atoms with Crippen LogP contribution in [0.25, 0.3) is 15.9 Å². The summed E-state index contributed by atoms with van der Waals surface area (Å²) in [4.78, 5) is 18.3. The molecule has 0 amide bonds. The lowest BCUT2D eigenvalue weighted by molar-refractivity contribution is -0.133. The molecule has 1 aliphatic rings. The number of hydrogen-bond donors (Lipinski definition) is 1. The first-order valence-corrected chi connectivity index (χ1v) is 10.3. The van der Waals surface area contributed by atoms with Crippen LogP contribution in [0.5, 0.6) is 0 Å². The molecule has 132 valence electrons. The Kier molecular flexibility index (Phi) is 4.19. The second-order valence-corrected chi connectivity index (χ2v) is 9.01. The summed E-state index contributed by atoms with van der Waals surface area (Å²) < 4.78 is 1.96. The second-order valence-electron chi connectivity index (χ2n) is 6.98. The Morgan fingerprint density at radius 3 is 2.96 bits per heavy atom. The molecule has 4 rings (SSSR count). The van der Waals surface area contributed by atoms with Crippen LogP contribution in [0.1, 0.15) is 49.4 Å². The average Bonchev–Trinajstić information content (AvgIpc) is 3.11. The zero-order valence-electron chi connectivity index (χ0n) is 14.4. The molecule has 3 heterocycles. The molecule has 25 heavy (non-hydrogen) atoms. The maximum atomic E-state index is 11.0. The van der Waals surface area contributed by atoms with Crippen LogP contribution < -0.4 is 0 Å². The summed E-state index contributed by atoms with van der Waals surface area (Å²) in [5, 5.41) is 19.4. The van der Waals surface area contributed by atoms with Crippen molar-refractivity contribution >= 4 is 44.9 Å². The lowest BCUT2D eigenvalue weighted by Crippen LogP contribution is -2.09. The Morgan fingerprint density at radius 1 is 1.44 bits per heavy atom. The van der Waals surface area contributed by atoms with Gasteiger partial charge in [0, 0.05) is 10.8 Å². The van der Waals surface area contributed by atoms with Crippen LogP contribution in [-0.4, -0.2) is 36.4 Å². The first kappa shape index (κ1) is 16.8. The molecule has 0 saturated heterocycles. The molecular formula is C17H20N4O2S2. The summed E-state index contributed by atoms with van der Waals surface area (Å²) in [6.07, 6.45) is 3.35. The van der Waals surface area contributed by atoms with Gasteiger partial charge in [0.2, 0.25) is 0 Å². The zero-order valence-corrected chi connectivity index (χ0v) is 16.1. The number of thioether (sulfide) groups is 1. The Morgan fingerprint density at radius 2 is 2.24 bits per heavy atom. The monoisotopic (exact) mass is 376 g/mol. The molecular weight excluding hydrogens is 356 g/mol. The van der Waals surface area contributed by atoms with E-state index in [1.807, 2.05) is 4.40 Å². The van der Waals surface area contributed by atoms with Gasteiger partial charge in [0.05, 0.1) is 11.1 Å². The number of nitrogens with zero attached hydrogens (tertiary/aromatic N) is 4. The maximum Gasteiger partial charge on any atom is 0.313 e. The Bertz CT molecular complexity index is 976. The van der Waals surface area contributed by atoms with E-state index < -0.39 is 5.97 Å². The molecule has 0 bridgehead atoms. The quantitative estimate of drug-likeness (QED) is 0.698. The fourth-order valence-electron chi connectivity index (χ4n) is 3.45. The first-order valence-electron chi connectivity index (χ1n) is 8.49. The van der Waals surface area contributed by atoms with Crippen molar-refractivity contribution in [3.05, 3.63) is 16.3 Å². The van der Waals surface area contributed by atoms with E-state index in [9.17, 15) is 4.79 Å². The highest BCUT2D eigenvalue weighted by Crippen LogP contribution is 2.40. The number of hydrogen-bond acceptors (Lipinski definition) is 6. The van der Waals surface area contributed by atoms with Gasteiger partial charge in [-0.2, -0.15) is 0 Å². The van der Waals surface area contributed by atoms with Crippen LogP contribution in [0.4, 0.5) is 0 Å². The molecule has 0 radical (unpaired) electrons. The number of rotatable bonds is 4. The molecule has 8 heteroatoms. The van der Waals surface area contributed by atoms with E-state index in [1.54, 1.807) is 11.3 Å². The van der Waals surface area contributed by atoms with Gasteiger partial charge in [-0.1, -0.05) is 32.5 Å². The molecule has 1 aliphatic carbocycles. The van der Waals surface area contributed by atoms with Crippen LogP contribution in [0.2, 0.25) is 0 Å². The number of aliphatic carboxylic acids is 1. The predicted octanol–water partition coefficient (Wildman–Crippen LogP) is 3.76. The van der Waals surface area contributed by atoms with Gasteiger partial charge in [-0.15, -0.1) is 21.5 Å². The number of carboxylic acids is 1. The Balaban J connectivity index is 1.97. The fourth-order valence-corrected chi connectivity index (χ4v) is 5.49. The van der Waals surface area contributed by atoms with Crippen molar-refractivity contribution in [2.75, 3.05) is 5.75 Å². The van der Waals surface area contributed by atoms with Crippen molar-refractivity contribution in [2.24, 2.45) is 5.92 Å². The van der Waals surface area contributed by atoms with Gasteiger partial charge in [0.1, 0.15) is 10.7 Å². The second kappa shape index (κ2) is 6.25. The summed E-state index contributed by atoms with van der Waals surface area (Å²) in [6.45, 7) is 6.48. The lowest BCUT2D eigenvalue weighted by atomic mass is 9.89. The van der Waals surface area contributed by atoms with E-state index in [0.717, 1.165) is 34.5 Å². The highest BCUT2D eigenvalue weighted by molar-refractivity contribution is 7.99. The van der Waals surface area contributed by atoms with E-state index in [2.05, 4.69) is 31.0 Å². The number of carboxylic acid groups (broad SMARTS) is 1. The maximum absolute atomic E-state index is 11.0. The van der Waals surface area contributed by atoms with Crippen molar-refractivity contribution in [3.8, 4) is 0 Å². The molecule has 0 spiro atoms. The normalized spacial score (nSPS) is 17.5. The van der Waals surface area contributed by atoms with Gasteiger partial charge in [0.25, 0.3) is 0 Å². The zero-order chi connectivity index (χ0) is 17.7. The molecule has 3 aromatic rings. The van der Waals surface area contributed by atoms with Gasteiger partial charge < -0.3 is 5.11 Å². The van der Waals surface area contributed by atoms with Crippen molar-refractivity contribution in [2.45, 2.75) is 51.1 Å². The summed E-state index contributed by atoms with van der Waals surface area (Å²) in [7, 11) is 0. The molecule has 1 atom stereocenters. The highest BCUT2D eigenvalue weighted by atomic mass is 32.2. The Labute approximate surface area is 153 Å². The predicted molar refractivity (Wildman–Crippen MR) is 99.8 cm³/mol. The Hall–Kier alpha value is -1.67. The van der Waals surface area contributed by atoms with Crippen LogP contribution in [-0.2, 0) is 17.6 Å². The lowest BCUT2D eigenvalue weighted by Gasteiger charge is -2.17. The minimum Gasteiger partial charge on any atom is -0.481 e. The molecule has 6 nitrogen and oxygen atoms in total. The smallest absolute Gasteiger partial charge is 0.313 e. The summed E-state index contributed by atoms with van der Waals surface area (Å²) in [5.41, 5.74) is 2.20. The summed E-state index contributed by atoms with van der Waals surface area (Å²) >= 11 is 2.98. The molecule has 0 aliphatic heterocycles. The minimum atomic E-state index is -0.858. The van der Waals surface area contributed by atoms with Gasteiger partial charge in [-0.05, 0) is 30.7 Å². The van der Waals surface area contributed by atoms with Crippen LogP contribution in [0.15, 0.2) is 5.16 Å².